The van der Waals surface area contributed by atoms with E-state index in [1.807, 2.05) is 73.7 Å². The van der Waals surface area contributed by atoms with Crippen LogP contribution in [0.2, 0.25) is 0 Å². The fourth-order valence-corrected chi connectivity index (χ4v) is 3.24. The number of carbonyl (C=O) groups excluding carboxylic acids is 1. The van der Waals surface area contributed by atoms with Crippen molar-refractivity contribution in [2.45, 2.75) is 39.2 Å². The highest BCUT2D eigenvalue weighted by Gasteiger charge is 2.17. The molecule has 2 nitrogen and oxygen atoms in total. The minimum atomic E-state index is -0.0839. The molecule has 3 rings (SSSR count). The Labute approximate surface area is 174 Å². The van der Waals surface area contributed by atoms with Gasteiger partial charge in [-0.1, -0.05) is 106 Å². The Bertz CT molecular complexity index is 965. The summed E-state index contributed by atoms with van der Waals surface area (Å²) in [5, 5.41) is 3.17. The molecule has 0 radical (unpaired) electrons. The summed E-state index contributed by atoms with van der Waals surface area (Å²) >= 11 is 0. The third-order valence-electron chi connectivity index (χ3n) is 5.06. The van der Waals surface area contributed by atoms with Crippen molar-refractivity contribution >= 4 is 17.6 Å². The average molecular weight is 384 g/mol. The minimum absolute atomic E-state index is 0.0764. The molecule has 0 bridgehead atoms. The second-order valence-electron chi connectivity index (χ2n) is 8.40. The number of benzene rings is 3. The Balaban J connectivity index is 1.84. The maximum absolute atomic E-state index is 13.2. The first-order valence-electron chi connectivity index (χ1n) is 10.1. The highest BCUT2D eigenvalue weighted by atomic mass is 16.1. The van der Waals surface area contributed by atoms with Crippen LogP contribution in [0, 0.1) is 0 Å². The van der Waals surface area contributed by atoms with Crippen molar-refractivity contribution in [3.05, 3.63) is 107 Å². The molecule has 1 N–H and O–H groups in total. The summed E-state index contributed by atoms with van der Waals surface area (Å²) in [5.41, 5.74) is 5.07. The van der Waals surface area contributed by atoms with Crippen LogP contribution < -0.4 is 5.32 Å². The van der Waals surface area contributed by atoms with Gasteiger partial charge in [0, 0.05) is 5.57 Å². The van der Waals surface area contributed by atoms with Gasteiger partial charge in [0.25, 0.3) is 5.91 Å². The standard InChI is InChI=1S/C27H29NO/c1-20(22-15-17-24(18-16-22)27(2,3)4)28-26(29)25(23-13-9-6-10-14-23)19-21-11-7-5-8-12-21/h5-20H,1-4H3,(H,28,29)/b25-19+. The van der Waals surface area contributed by atoms with Crippen LogP contribution in [0.5, 0.6) is 0 Å². The van der Waals surface area contributed by atoms with Gasteiger partial charge in [0.2, 0.25) is 0 Å². The van der Waals surface area contributed by atoms with E-state index in [9.17, 15) is 4.79 Å². The summed E-state index contributed by atoms with van der Waals surface area (Å²) in [4.78, 5) is 13.2. The predicted molar refractivity (Wildman–Crippen MR) is 122 cm³/mol. The Morgan fingerprint density at radius 3 is 1.93 bits per heavy atom. The van der Waals surface area contributed by atoms with E-state index in [0.717, 1.165) is 16.7 Å². The van der Waals surface area contributed by atoms with Crippen LogP contribution >= 0.6 is 0 Å². The average Bonchev–Trinajstić information content (AvgIpc) is 2.72. The molecule has 1 unspecified atom stereocenters. The molecule has 0 aliphatic heterocycles. The lowest BCUT2D eigenvalue weighted by Gasteiger charge is -2.21. The van der Waals surface area contributed by atoms with Crippen LogP contribution in [0.15, 0.2) is 84.9 Å². The molecule has 3 aromatic carbocycles. The first-order valence-corrected chi connectivity index (χ1v) is 10.1. The lowest BCUT2D eigenvalue weighted by molar-refractivity contribution is -0.116. The van der Waals surface area contributed by atoms with Gasteiger partial charge in [0.15, 0.2) is 0 Å². The fraction of sp³-hybridized carbons (Fsp3) is 0.222. The SMILES string of the molecule is CC(NC(=O)/C(=C/c1ccccc1)c1ccccc1)c1ccc(C(C)(C)C)cc1. The summed E-state index contributed by atoms with van der Waals surface area (Å²) < 4.78 is 0. The summed E-state index contributed by atoms with van der Waals surface area (Å²) in [6.07, 6.45) is 1.94. The van der Waals surface area contributed by atoms with Gasteiger partial charge < -0.3 is 5.32 Å². The molecule has 0 saturated heterocycles. The summed E-state index contributed by atoms with van der Waals surface area (Å²) in [7, 11) is 0. The quantitative estimate of drug-likeness (QED) is 0.401. The third kappa shape index (κ3) is 5.45. The highest BCUT2D eigenvalue weighted by molar-refractivity contribution is 6.24. The number of nitrogens with one attached hydrogen (secondary N) is 1. The molecule has 0 spiro atoms. The summed E-state index contributed by atoms with van der Waals surface area (Å²) in [5.74, 6) is -0.0764. The van der Waals surface area contributed by atoms with E-state index < -0.39 is 0 Å². The van der Waals surface area contributed by atoms with Crippen molar-refractivity contribution in [1.29, 1.82) is 0 Å². The molecule has 1 amide bonds. The monoisotopic (exact) mass is 383 g/mol. The summed E-state index contributed by atoms with van der Waals surface area (Å²) in [6, 6.07) is 28.2. The Kier molecular flexibility index (Phi) is 6.33. The van der Waals surface area contributed by atoms with Crippen molar-refractivity contribution in [3.63, 3.8) is 0 Å². The molecular weight excluding hydrogens is 354 g/mol. The Morgan fingerprint density at radius 1 is 0.828 bits per heavy atom. The van der Waals surface area contributed by atoms with Gasteiger partial charge in [-0.05, 0) is 40.7 Å². The molecule has 2 heteroatoms. The molecule has 0 fully saturated rings. The van der Waals surface area contributed by atoms with Crippen molar-refractivity contribution in [1.82, 2.24) is 5.32 Å². The van der Waals surface area contributed by atoms with Crippen molar-refractivity contribution in [2.24, 2.45) is 0 Å². The largest absolute Gasteiger partial charge is 0.345 e. The summed E-state index contributed by atoms with van der Waals surface area (Å²) in [6.45, 7) is 8.63. The smallest absolute Gasteiger partial charge is 0.252 e. The molecule has 1 atom stereocenters. The Hall–Kier alpha value is -3.13. The van der Waals surface area contributed by atoms with E-state index in [1.165, 1.54) is 5.56 Å². The lowest BCUT2D eigenvalue weighted by atomic mass is 9.86. The van der Waals surface area contributed by atoms with Crippen LogP contribution in [-0.2, 0) is 10.2 Å². The molecule has 3 aromatic rings. The number of amides is 1. The van der Waals surface area contributed by atoms with E-state index in [2.05, 4.69) is 50.4 Å². The van der Waals surface area contributed by atoms with E-state index >= 15 is 0 Å². The molecule has 0 heterocycles. The molecule has 0 saturated carbocycles. The minimum Gasteiger partial charge on any atom is -0.345 e. The van der Waals surface area contributed by atoms with Crippen LogP contribution in [0.3, 0.4) is 0 Å². The molecule has 0 aromatic heterocycles. The van der Waals surface area contributed by atoms with Gasteiger partial charge in [-0.2, -0.15) is 0 Å². The van der Waals surface area contributed by atoms with Gasteiger partial charge in [0.05, 0.1) is 6.04 Å². The molecule has 148 valence electrons. The fourth-order valence-electron chi connectivity index (χ4n) is 3.24. The van der Waals surface area contributed by atoms with Crippen LogP contribution in [0.4, 0.5) is 0 Å². The van der Waals surface area contributed by atoms with E-state index in [0.29, 0.717) is 5.57 Å². The van der Waals surface area contributed by atoms with E-state index in [4.69, 9.17) is 0 Å². The first-order chi connectivity index (χ1) is 13.8. The zero-order chi connectivity index (χ0) is 20.9. The van der Waals surface area contributed by atoms with E-state index in [1.54, 1.807) is 0 Å². The van der Waals surface area contributed by atoms with Crippen molar-refractivity contribution in [2.75, 3.05) is 0 Å². The zero-order valence-corrected chi connectivity index (χ0v) is 17.6. The highest BCUT2D eigenvalue weighted by Crippen LogP contribution is 2.25. The van der Waals surface area contributed by atoms with Gasteiger partial charge >= 0.3 is 0 Å². The molecule has 29 heavy (non-hydrogen) atoms. The normalized spacial score (nSPS) is 13.0. The van der Waals surface area contributed by atoms with Gasteiger partial charge in [0.1, 0.15) is 0 Å². The topological polar surface area (TPSA) is 29.1 Å². The third-order valence-corrected chi connectivity index (χ3v) is 5.06. The van der Waals surface area contributed by atoms with Crippen molar-refractivity contribution in [3.8, 4) is 0 Å². The number of hydrogen-bond acceptors (Lipinski definition) is 1. The molecule has 0 aliphatic carbocycles. The van der Waals surface area contributed by atoms with Gasteiger partial charge in [-0.25, -0.2) is 0 Å². The van der Waals surface area contributed by atoms with Crippen LogP contribution in [0.1, 0.15) is 56.0 Å². The second kappa shape index (κ2) is 8.91. The molecule has 0 aliphatic rings. The number of hydrogen-bond donors (Lipinski definition) is 1. The number of carbonyl (C=O) groups is 1. The lowest BCUT2D eigenvalue weighted by Crippen LogP contribution is -2.27. The predicted octanol–water partition coefficient (Wildman–Crippen LogP) is 6.40. The first kappa shape index (κ1) is 20.6. The maximum Gasteiger partial charge on any atom is 0.252 e. The van der Waals surface area contributed by atoms with Crippen LogP contribution in [0.25, 0.3) is 11.6 Å². The van der Waals surface area contributed by atoms with Crippen LogP contribution in [-0.4, -0.2) is 5.91 Å². The van der Waals surface area contributed by atoms with E-state index in [-0.39, 0.29) is 17.4 Å². The molecular formula is C27H29NO. The second-order valence-corrected chi connectivity index (χ2v) is 8.40. The maximum atomic E-state index is 13.2. The zero-order valence-electron chi connectivity index (χ0n) is 17.6. The van der Waals surface area contributed by atoms with Gasteiger partial charge in [-0.3, -0.25) is 4.79 Å². The number of rotatable bonds is 5. The van der Waals surface area contributed by atoms with Crippen molar-refractivity contribution < 1.29 is 4.79 Å². The Morgan fingerprint density at radius 2 is 1.38 bits per heavy atom. The van der Waals surface area contributed by atoms with Gasteiger partial charge in [-0.15, -0.1) is 0 Å².